The van der Waals surface area contributed by atoms with E-state index in [2.05, 4.69) is 5.32 Å². The number of benzene rings is 1. The standard InChI is InChI=1S/C14H17N3O3S/c1-17-13(19)9-4-3-8(7-10(9)14(17)20)16-12(18)11(15)5-6-21-2/h3-4,7,11H,5-6,15H2,1-2H3,(H,16,18)/t11-/m0/s1. The molecule has 1 aromatic carbocycles. The summed E-state index contributed by atoms with van der Waals surface area (Å²) < 4.78 is 0. The Morgan fingerprint density at radius 1 is 1.33 bits per heavy atom. The van der Waals surface area contributed by atoms with Gasteiger partial charge in [0.2, 0.25) is 5.91 Å². The molecule has 3 amide bonds. The Morgan fingerprint density at radius 2 is 2.00 bits per heavy atom. The van der Waals surface area contributed by atoms with Crippen molar-refractivity contribution in [2.45, 2.75) is 12.5 Å². The van der Waals surface area contributed by atoms with Crippen molar-refractivity contribution in [3.05, 3.63) is 29.3 Å². The fraction of sp³-hybridized carbons (Fsp3) is 0.357. The van der Waals surface area contributed by atoms with Gasteiger partial charge in [-0.05, 0) is 36.6 Å². The molecule has 0 fully saturated rings. The number of nitrogens with zero attached hydrogens (tertiary/aromatic N) is 1. The lowest BCUT2D eigenvalue weighted by molar-refractivity contribution is -0.117. The molecule has 6 nitrogen and oxygen atoms in total. The number of hydrogen-bond donors (Lipinski definition) is 2. The summed E-state index contributed by atoms with van der Waals surface area (Å²) in [7, 11) is 1.43. The van der Waals surface area contributed by atoms with Crippen LogP contribution in [-0.4, -0.2) is 47.7 Å². The zero-order chi connectivity index (χ0) is 15.6. The van der Waals surface area contributed by atoms with Crippen LogP contribution in [0.5, 0.6) is 0 Å². The van der Waals surface area contributed by atoms with Gasteiger partial charge in [0, 0.05) is 12.7 Å². The van der Waals surface area contributed by atoms with E-state index in [9.17, 15) is 14.4 Å². The molecule has 0 saturated heterocycles. The number of carbonyl (C=O) groups excluding carboxylic acids is 3. The number of amides is 3. The van der Waals surface area contributed by atoms with Gasteiger partial charge in [-0.25, -0.2) is 0 Å². The van der Waals surface area contributed by atoms with Crippen LogP contribution in [0.3, 0.4) is 0 Å². The number of rotatable bonds is 5. The van der Waals surface area contributed by atoms with Gasteiger partial charge in [0.15, 0.2) is 0 Å². The van der Waals surface area contributed by atoms with E-state index in [-0.39, 0.29) is 17.7 Å². The first kappa shape index (κ1) is 15.5. The van der Waals surface area contributed by atoms with Gasteiger partial charge >= 0.3 is 0 Å². The molecule has 0 radical (unpaired) electrons. The fourth-order valence-electron chi connectivity index (χ4n) is 2.05. The van der Waals surface area contributed by atoms with Crippen molar-refractivity contribution < 1.29 is 14.4 Å². The van der Waals surface area contributed by atoms with Crippen molar-refractivity contribution in [1.82, 2.24) is 4.90 Å². The quantitative estimate of drug-likeness (QED) is 0.790. The van der Waals surface area contributed by atoms with Gasteiger partial charge in [-0.15, -0.1) is 0 Å². The molecule has 1 aliphatic rings. The highest BCUT2D eigenvalue weighted by Crippen LogP contribution is 2.24. The average molecular weight is 307 g/mol. The highest BCUT2D eigenvalue weighted by atomic mass is 32.2. The average Bonchev–Trinajstić information content (AvgIpc) is 2.69. The molecule has 21 heavy (non-hydrogen) atoms. The van der Waals surface area contributed by atoms with Crippen LogP contribution in [0.25, 0.3) is 0 Å². The minimum Gasteiger partial charge on any atom is -0.325 e. The Balaban J connectivity index is 2.12. The third-order valence-corrected chi connectivity index (χ3v) is 3.97. The molecule has 0 saturated carbocycles. The first-order chi connectivity index (χ1) is 9.95. The van der Waals surface area contributed by atoms with Crippen LogP contribution in [-0.2, 0) is 4.79 Å². The number of nitrogens with one attached hydrogen (secondary N) is 1. The van der Waals surface area contributed by atoms with E-state index in [4.69, 9.17) is 5.73 Å². The number of hydrogen-bond acceptors (Lipinski definition) is 5. The van der Waals surface area contributed by atoms with Crippen molar-refractivity contribution in [2.75, 3.05) is 24.4 Å². The number of thioether (sulfide) groups is 1. The number of imide groups is 1. The third kappa shape index (κ3) is 3.08. The Bertz CT molecular complexity index is 603. The third-order valence-electron chi connectivity index (χ3n) is 3.33. The Labute approximate surface area is 127 Å². The molecule has 3 N–H and O–H groups in total. The summed E-state index contributed by atoms with van der Waals surface area (Å²) >= 11 is 1.62. The van der Waals surface area contributed by atoms with Gasteiger partial charge in [0.25, 0.3) is 11.8 Å². The number of fused-ring (bicyclic) bond motifs is 1. The van der Waals surface area contributed by atoms with E-state index in [0.29, 0.717) is 23.2 Å². The minimum absolute atomic E-state index is 0.297. The minimum atomic E-state index is -0.592. The van der Waals surface area contributed by atoms with Gasteiger partial charge in [-0.2, -0.15) is 11.8 Å². The van der Waals surface area contributed by atoms with Gasteiger partial charge in [-0.3, -0.25) is 19.3 Å². The maximum Gasteiger partial charge on any atom is 0.261 e. The van der Waals surface area contributed by atoms with E-state index in [1.807, 2.05) is 6.26 Å². The molecule has 1 atom stereocenters. The predicted octanol–water partition coefficient (Wildman–Crippen LogP) is 0.931. The summed E-state index contributed by atoms with van der Waals surface area (Å²) in [5.41, 5.74) is 6.91. The lowest BCUT2D eigenvalue weighted by Gasteiger charge is -2.12. The Hall–Kier alpha value is -1.86. The predicted molar refractivity (Wildman–Crippen MR) is 82.5 cm³/mol. The summed E-state index contributed by atoms with van der Waals surface area (Å²) in [5.74, 6) is -0.187. The first-order valence-corrected chi connectivity index (χ1v) is 7.87. The molecule has 112 valence electrons. The van der Waals surface area contributed by atoms with Crippen molar-refractivity contribution in [3.63, 3.8) is 0 Å². The molecule has 1 aromatic rings. The summed E-state index contributed by atoms with van der Waals surface area (Å²) in [5, 5.41) is 2.68. The summed E-state index contributed by atoms with van der Waals surface area (Å²) in [4.78, 5) is 36.6. The molecule has 0 aliphatic carbocycles. The van der Waals surface area contributed by atoms with E-state index < -0.39 is 6.04 Å². The SMILES string of the molecule is CSCC[C@H](N)C(=O)Nc1ccc2c(c1)C(=O)N(C)C2=O. The molecular weight excluding hydrogens is 290 g/mol. The smallest absolute Gasteiger partial charge is 0.261 e. The Kier molecular flexibility index (Phi) is 4.64. The van der Waals surface area contributed by atoms with Crippen molar-refractivity contribution in [2.24, 2.45) is 5.73 Å². The zero-order valence-electron chi connectivity index (χ0n) is 11.9. The van der Waals surface area contributed by atoms with Crippen LogP contribution in [0.4, 0.5) is 5.69 Å². The van der Waals surface area contributed by atoms with E-state index in [1.54, 1.807) is 23.9 Å². The van der Waals surface area contributed by atoms with Crippen molar-refractivity contribution in [3.8, 4) is 0 Å². The maximum atomic E-state index is 11.9. The molecule has 1 aliphatic heterocycles. The molecule has 0 unspecified atom stereocenters. The molecule has 0 aromatic heterocycles. The molecular formula is C14H17N3O3S. The topological polar surface area (TPSA) is 92.5 Å². The zero-order valence-corrected chi connectivity index (χ0v) is 12.7. The van der Waals surface area contributed by atoms with Gasteiger partial charge in [-0.1, -0.05) is 0 Å². The van der Waals surface area contributed by atoms with Crippen molar-refractivity contribution >= 4 is 35.2 Å². The van der Waals surface area contributed by atoms with Crippen LogP contribution in [0.1, 0.15) is 27.1 Å². The Morgan fingerprint density at radius 3 is 2.67 bits per heavy atom. The fourth-order valence-corrected chi connectivity index (χ4v) is 2.54. The normalized spacial score (nSPS) is 15.1. The van der Waals surface area contributed by atoms with Crippen LogP contribution in [0.15, 0.2) is 18.2 Å². The summed E-state index contributed by atoms with van der Waals surface area (Å²) in [6.45, 7) is 0. The molecule has 7 heteroatoms. The highest BCUT2D eigenvalue weighted by Gasteiger charge is 2.32. The van der Waals surface area contributed by atoms with Crippen LogP contribution in [0, 0.1) is 0 Å². The van der Waals surface area contributed by atoms with Crippen LogP contribution >= 0.6 is 11.8 Å². The molecule has 1 heterocycles. The maximum absolute atomic E-state index is 11.9. The second-order valence-electron chi connectivity index (χ2n) is 4.81. The number of anilines is 1. The largest absolute Gasteiger partial charge is 0.325 e. The van der Waals surface area contributed by atoms with Crippen LogP contribution in [0.2, 0.25) is 0 Å². The molecule has 2 rings (SSSR count). The lowest BCUT2D eigenvalue weighted by atomic mass is 10.1. The van der Waals surface area contributed by atoms with Gasteiger partial charge < -0.3 is 11.1 Å². The van der Waals surface area contributed by atoms with Crippen molar-refractivity contribution in [1.29, 1.82) is 0 Å². The van der Waals surface area contributed by atoms with Gasteiger partial charge in [0.05, 0.1) is 17.2 Å². The first-order valence-electron chi connectivity index (χ1n) is 6.47. The van der Waals surface area contributed by atoms with Crippen LogP contribution < -0.4 is 11.1 Å². The second-order valence-corrected chi connectivity index (χ2v) is 5.79. The highest BCUT2D eigenvalue weighted by molar-refractivity contribution is 7.98. The number of nitrogens with two attached hydrogens (primary N) is 1. The lowest BCUT2D eigenvalue weighted by Crippen LogP contribution is -2.36. The monoisotopic (exact) mass is 307 g/mol. The molecule has 0 bridgehead atoms. The molecule has 0 spiro atoms. The number of carbonyl (C=O) groups is 3. The second kappa shape index (κ2) is 6.28. The van der Waals surface area contributed by atoms with E-state index in [0.717, 1.165) is 10.7 Å². The van der Waals surface area contributed by atoms with E-state index >= 15 is 0 Å². The summed E-state index contributed by atoms with van der Waals surface area (Å²) in [6.07, 6.45) is 2.53. The van der Waals surface area contributed by atoms with Gasteiger partial charge in [0.1, 0.15) is 0 Å². The van der Waals surface area contributed by atoms with E-state index in [1.165, 1.54) is 13.1 Å². The summed E-state index contributed by atoms with van der Waals surface area (Å²) in [6, 6.07) is 4.06.